The molecule has 0 aliphatic heterocycles. The van der Waals surface area contributed by atoms with Crippen molar-refractivity contribution in [3.05, 3.63) is 0 Å². The average Bonchev–Trinajstić information content (AvgIpc) is 2.26. The summed E-state index contributed by atoms with van der Waals surface area (Å²) in [4.78, 5) is 0. The van der Waals surface area contributed by atoms with Crippen molar-refractivity contribution < 1.29 is 10.2 Å². The first-order valence-corrected chi connectivity index (χ1v) is 8.72. The van der Waals surface area contributed by atoms with Gasteiger partial charge in [-0.1, -0.05) is 44.9 Å². The van der Waals surface area contributed by atoms with Gasteiger partial charge in [0.05, 0.1) is 8.07 Å². The Bertz CT molecular complexity index is 123. The van der Waals surface area contributed by atoms with Crippen molar-refractivity contribution >= 4 is 8.07 Å². The third-order valence-corrected chi connectivity index (χ3v) is 9.70. The van der Waals surface area contributed by atoms with E-state index in [1.54, 1.807) is 0 Å². The summed E-state index contributed by atoms with van der Waals surface area (Å²) in [6, 6.07) is 5.28. The van der Waals surface area contributed by atoms with Gasteiger partial charge in [-0.15, -0.1) is 0 Å². The lowest BCUT2D eigenvalue weighted by Gasteiger charge is -2.29. The van der Waals surface area contributed by atoms with Crippen molar-refractivity contribution in [2.75, 3.05) is 13.2 Å². The highest BCUT2D eigenvalue weighted by Crippen LogP contribution is 2.28. The maximum atomic E-state index is 9.00. The lowest BCUT2D eigenvalue weighted by Crippen LogP contribution is -2.32. The van der Waals surface area contributed by atoms with E-state index in [9.17, 15) is 0 Å². The van der Waals surface area contributed by atoms with Crippen molar-refractivity contribution in [1.29, 1.82) is 0 Å². The van der Waals surface area contributed by atoms with Gasteiger partial charge in [-0.25, -0.2) is 0 Å². The molecule has 2 nitrogen and oxygen atoms in total. The van der Waals surface area contributed by atoms with E-state index in [4.69, 9.17) is 10.2 Å². The number of aliphatic hydroxyl groups excluding tert-OH is 2. The molecule has 0 aromatic rings. The van der Waals surface area contributed by atoms with Gasteiger partial charge in [0, 0.05) is 19.1 Å². The standard InChI is InChI=1S/C11H26O2Si/c1-4-14(5-2,6-3)8-7-11(9-12)10-13/h11-13H,4-10H2,1-3H3. The summed E-state index contributed by atoms with van der Waals surface area (Å²) in [6.07, 6.45) is 1.01. The van der Waals surface area contributed by atoms with Gasteiger partial charge in [0.15, 0.2) is 0 Å². The van der Waals surface area contributed by atoms with Gasteiger partial charge >= 0.3 is 0 Å². The molecule has 0 atom stereocenters. The van der Waals surface area contributed by atoms with Crippen molar-refractivity contribution in [3.8, 4) is 0 Å². The van der Waals surface area contributed by atoms with Crippen molar-refractivity contribution in [3.63, 3.8) is 0 Å². The minimum absolute atomic E-state index is 0.117. The lowest BCUT2D eigenvalue weighted by atomic mass is 10.1. The molecule has 86 valence electrons. The summed E-state index contributed by atoms with van der Waals surface area (Å²) >= 11 is 0. The largest absolute Gasteiger partial charge is 0.396 e. The molecule has 0 aromatic carbocycles. The van der Waals surface area contributed by atoms with Gasteiger partial charge < -0.3 is 10.2 Å². The second-order valence-electron chi connectivity index (χ2n) is 4.33. The minimum atomic E-state index is -1.03. The molecule has 0 saturated heterocycles. The van der Waals surface area contributed by atoms with Crippen LogP contribution in [-0.2, 0) is 0 Å². The second kappa shape index (κ2) is 7.43. The molecule has 0 bridgehead atoms. The van der Waals surface area contributed by atoms with Crippen LogP contribution in [0.5, 0.6) is 0 Å². The fourth-order valence-corrected chi connectivity index (χ4v) is 5.61. The predicted molar refractivity (Wildman–Crippen MR) is 64.3 cm³/mol. The molecular formula is C11H26O2Si. The molecule has 0 rings (SSSR count). The van der Waals surface area contributed by atoms with E-state index in [0.29, 0.717) is 0 Å². The van der Waals surface area contributed by atoms with E-state index in [1.165, 1.54) is 24.2 Å². The fraction of sp³-hybridized carbons (Fsp3) is 1.00. The van der Waals surface area contributed by atoms with E-state index in [1.807, 2.05) is 0 Å². The van der Waals surface area contributed by atoms with Gasteiger partial charge in [0.25, 0.3) is 0 Å². The van der Waals surface area contributed by atoms with E-state index in [-0.39, 0.29) is 19.1 Å². The maximum Gasteiger partial charge on any atom is 0.0527 e. The molecule has 3 heteroatoms. The number of rotatable bonds is 8. The quantitative estimate of drug-likeness (QED) is 0.615. The van der Waals surface area contributed by atoms with Gasteiger partial charge in [-0.05, 0) is 6.42 Å². The van der Waals surface area contributed by atoms with Crippen LogP contribution in [-0.4, -0.2) is 31.5 Å². The predicted octanol–water partition coefficient (Wildman–Crippen LogP) is 2.49. The molecule has 0 amide bonds. The summed E-state index contributed by atoms with van der Waals surface area (Å²) in [5.74, 6) is 0.117. The molecule has 0 aliphatic rings. The Labute approximate surface area is 89.4 Å². The third kappa shape index (κ3) is 4.11. The summed E-state index contributed by atoms with van der Waals surface area (Å²) in [7, 11) is -1.03. The molecule has 0 heterocycles. The van der Waals surface area contributed by atoms with Gasteiger partial charge in [0.2, 0.25) is 0 Å². The molecule has 14 heavy (non-hydrogen) atoms. The Kier molecular flexibility index (Phi) is 7.50. The highest BCUT2D eigenvalue weighted by molar-refractivity contribution is 6.79. The molecule has 0 radical (unpaired) electrons. The summed E-state index contributed by atoms with van der Waals surface area (Å²) < 4.78 is 0. The number of hydrogen-bond acceptors (Lipinski definition) is 2. The van der Waals surface area contributed by atoms with E-state index >= 15 is 0 Å². The van der Waals surface area contributed by atoms with E-state index < -0.39 is 8.07 Å². The highest BCUT2D eigenvalue weighted by Gasteiger charge is 2.26. The summed E-state index contributed by atoms with van der Waals surface area (Å²) in [6.45, 7) is 7.17. The van der Waals surface area contributed by atoms with Crippen LogP contribution in [0, 0.1) is 5.92 Å². The fourth-order valence-electron chi connectivity index (χ4n) is 2.03. The zero-order valence-electron chi connectivity index (χ0n) is 9.92. The van der Waals surface area contributed by atoms with E-state index in [0.717, 1.165) is 6.42 Å². The van der Waals surface area contributed by atoms with Crippen LogP contribution in [0.4, 0.5) is 0 Å². The normalized spacial score (nSPS) is 12.4. The van der Waals surface area contributed by atoms with Crippen molar-refractivity contribution in [1.82, 2.24) is 0 Å². The van der Waals surface area contributed by atoms with Crippen LogP contribution in [0.1, 0.15) is 27.2 Å². The topological polar surface area (TPSA) is 40.5 Å². The van der Waals surface area contributed by atoms with E-state index in [2.05, 4.69) is 20.8 Å². The minimum Gasteiger partial charge on any atom is -0.396 e. The molecular weight excluding hydrogens is 192 g/mol. The Hall–Kier alpha value is 0.137. The molecule has 0 fully saturated rings. The summed E-state index contributed by atoms with van der Waals surface area (Å²) in [5, 5.41) is 18.0. The first-order chi connectivity index (χ1) is 6.67. The maximum absolute atomic E-state index is 9.00. The van der Waals surface area contributed by atoms with Crippen LogP contribution in [0.2, 0.25) is 24.2 Å². The molecule has 0 saturated carbocycles. The van der Waals surface area contributed by atoms with Crippen LogP contribution in [0.15, 0.2) is 0 Å². The monoisotopic (exact) mass is 218 g/mol. The third-order valence-electron chi connectivity index (χ3n) is 3.85. The Morgan fingerprint density at radius 3 is 1.64 bits per heavy atom. The van der Waals surface area contributed by atoms with Crippen LogP contribution in [0.3, 0.4) is 0 Å². The molecule has 2 N–H and O–H groups in total. The zero-order chi connectivity index (χ0) is 11.0. The summed E-state index contributed by atoms with van der Waals surface area (Å²) in [5.41, 5.74) is 0. The average molecular weight is 218 g/mol. The zero-order valence-corrected chi connectivity index (χ0v) is 10.9. The second-order valence-corrected chi connectivity index (χ2v) is 9.95. The van der Waals surface area contributed by atoms with Gasteiger partial charge in [0.1, 0.15) is 0 Å². The lowest BCUT2D eigenvalue weighted by molar-refractivity contribution is 0.147. The molecule has 0 aromatic heterocycles. The molecule has 0 aliphatic carbocycles. The Morgan fingerprint density at radius 1 is 0.929 bits per heavy atom. The van der Waals surface area contributed by atoms with Crippen molar-refractivity contribution in [2.45, 2.75) is 51.4 Å². The van der Waals surface area contributed by atoms with Crippen molar-refractivity contribution in [2.24, 2.45) is 5.92 Å². The Balaban J connectivity index is 4.04. The van der Waals surface area contributed by atoms with Gasteiger partial charge in [-0.2, -0.15) is 0 Å². The SMILES string of the molecule is CC[Si](CC)(CC)CCC(CO)CO. The number of aliphatic hydroxyl groups is 2. The Morgan fingerprint density at radius 2 is 1.36 bits per heavy atom. The van der Waals surface area contributed by atoms with Crippen LogP contribution >= 0.6 is 0 Å². The van der Waals surface area contributed by atoms with Crippen LogP contribution < -0.4 is 0 Å². The molecule has 0 spiro atoms. The number of hydrogen-bond donors (Lipinski definition) is 2. The highest BCUT2D eigenvalue weighted by atomic mass is 28.3. The smallest absolute Gasteiger partial charge is 0.0527 e. The molecule has 0 unspecified atom stereocenters. The van der Waals surface area contributed by atoms with Crippen LogP contribution in [0.25, 0.3) is 0 Å². The first kappa shape index (κ1) is 14.1. The first-order valence-electron chi connectivity index (χ1n) is 5.89. The van der Waals surface area contributed by atoms with Gasteiger partial charge in [-0.3, -0.25) is 0 Å².